The summed E-state index contributed by atoms with van der Waals surface area (Å²) in [4.78, 5) is 36.4. The van der Waals surface area contributed by atoms with Crippen molar-refractivity contribution in [3.05, 3.63) is 53.3 Å². The molecule has 25 heavy (non-hydrogen) atoms. The first-order valence-corrected chi connectivity index (χ1v) is 7.55. The first kappa shape index (κ1) is 16.6. The summed E-state index contributed by atoms with van der Waals surface area (Å²) in [5.74, 6) is -2.01. The predicted molar refractivity (Wildman–Crippen MR) is 90.0 cm³/mol. The van der Waals surface area contributed by atoms with Crippen LogP contribution in [0.5, 0.6) is 0 Å². The van der Waals surface area contributed by atoms with Crippen LogP contribution in [0.2, 0.25) is 0 Å². The van der Waals surface area contributed by atoms with Crippen molar-refractivity contribution in [3.63, 3.8) is 0 Å². The molecule has 0 saturated carbocycles. The van der Waals surface area contributed by atoms with Crippen LogP contribution in [0.3, 0.4) is 0 Å². The molecule has 1 N–H and O–H groups in total. The molecular weight excluding hydrogens is 344 g/mol. The predicted octanol–water partition coefficient (Wildman–Crippen LogP) is 0.567. The lowest BCUT2D eigenvalue weighted by Crippen LogP contribution is -2.52. The first-order chi connectivity index (χ1) is 11.9. The van der Waals surface area contributed by atoms with E-state index in [9.17, 15) is 19.5 Å². The molecule has 1 aliphatic rings. The molecule has 0 atom stereocenters. The largest absolute Gasteiger partial charge is 0.545 e. The van der Waals surface area contributed by atoms with Crippen LogP contribution in [0, 0.1) is 0 Å². The summed E-state index contributed by atoms with van der Waals surface area (Å²) in [7, 11) is 1.45. The van der Waals surface area contributed by atoms with E-state index in [0.717, 1.165) is 4.90 Å². The number of carbonyl (C=O) groups excluding carboxylic acids is 3. The van der Waals surface area contributed by atoms with Crippen LogP contribution in [0.25, 0.3) is 17.4 Å². The smallest absolute Gasteiger partial charge is 0.265 e. The normalized spacial score (nSPS) is 16.3. The maximum atomic E-state index is 12.2. The maximum Gasteiger partial charge on any atom is 0.265 e. The van der Waals surface area contributed by atoms with Gasteiger partial charge in [0.05, 0.1) is 5.97 Å². The minimum Gasteiger partial charge on any atom is -0.545 e. The minimum absolute atomic E-state index is 0.0207. The molecule has 1 saturated heterocycles. The number of carboxylic acid groups (broad SMARTS) is 1. The van der Waals surface area contributed by atoms with E-state index in [2.05, 4.69) is 5.32 Å². The highest BCUT2D eigenvalue weighted by Crippen LogP contribution is 2.27. The number of amides is 2. The number of carboxylic acids is 1. The summed E-state index contributed by atoms with van der Waals surface area (Å²) in [5.41, 5.74) is 0.183. The number of thiocarbonyl (C=S) groups is 1. The first-order valence-electron chi connectivity index (χ1n) is 7.14. The Hall–Kier alpha value is -3.26. The Morgan fingerprint density at radius 3 is 2.68 bits per heavy atom. The fourth-order valence-corrected chi connectivity index (χ4v) is 2.51. The zero-order valence-corrected chi connectivity index (χ0v) is 13.8. The lowest BCUT2D eigenvalue weighted by molar-refractivity contribution is -0.255. The summed E-state index contributed by atoms with van der Waals surface area (Å²) < 4.78 is 5.57. The van der Waals surface area contributed by atoms with E-state index in [1.807, 2.05) is 0 Å². The van der Waals surface area contributed by atoms with Gasteiger partial charge in [0.2, 0.25) is 0 Å². The standard InChI is InChI=1S/C17H12N2O5S/c1-19-15(21)12(14(20)18-17(19)25)8-9-6-7-13(24-9)10-4-2-3-5-11(10)16(22)23/h2-8H,1H3,(H,22,23)(H,18,20,25)/p-1/b12-8+. The Morgan fingerprint density at radius 2 is 1.96 bits per heavy atom. The van der Waals surface area contributed by atoms with Gasteiger partial charge in [0.25, 0.3) is 11.8 Å². The molecule has 1 aromatic carbocycles. The SMILES string of the molecule is CN1C(=O)/C(=C/c2ccc(-c3ccccc3C(=O)[O-])o2)C(=O)NC1=S. The quantitative estimate of drug-likeness (QED) is 0.490. The van der Waals surface area contributed by atoms with Crippen LogP contribution in [-0.2, 0) is 9.59 Å². The lowest BCUT2D eigenvalue weighted by Gasteiger charge is -2.24. The molecule has 2 aromatic rings. The highest BCUT2D eigenvalue weighted by atomic mass is 32.1. The molecule has 0 bridgehead atoms. The van der Waals surface area contributed by atoms with Crippen molar-refractivity contribution >= 4 is 41.2 Å². The summed E-state index contributed by atoms with van der Waals surface area (Å²) >= 11 is 4.87. The molecule has 1 aliphatic heterocycles. The minimum atomic E-state index is -1.33. The van der Waals surface area contributed by atoms with Gasteiger partial charge in [-0.05, 0) is 30.4 Å². The summed E-state index contributed by atoms with van der Waals surface area (Å²) in [6, 6.07) is 9.29. The molecule has 3 rings (SSSR count). The van der Waals surface area contributed by atoms with Gasteiger partial charge >= 0.3 is 0 Å². The van der Waals surface area contributed by atoms with Gasteiger partial charge in [-0.1, -0.05) is 24.3 Å². The van der Waals surface area contributed by atoms with Gasteiger partial charge in [0.1, 0.15) is 17.1 Å². The van der Waals surface area contributed by atoms with Crippen molar-refractivity contribution in [2.75, 3.05) is 7.05 Å². The fourth-order valence-electron chi connectivity index (χ4n) is 2.34. The van der Waals surface area contributed by atoms with Crippen LogP contribution >= 0.6 is 12.2 Å². The second-order valence-corrected chi connectivity index (χ2v) is 5.60. The van der Waals surface area contributed by atoms with Crippen LogP contribution in [0.15, 0.2) is 46.4 Å². The van der Waals surface area contributed by atoms with E-state index in [4.69, 9.17) is 16.6 Å². The number of hydrogen-bond acceptors (Lipinski definition) is 6. The molecule has 0 unspecified atom stereocenters. The molecule has 0 spiro atoms. The van der Waals surface area contributed by atoms with Gasteiger partial charge in [-0.2, -0.15) is 0 Å². The molecule has 0 aliphatic carbocycles. The molecule has 0 radical (unpaired) electrons. The number of nitrogens with one attached hydrogen (secondary N) is 1. The lowest BCUT2D eigenvalue weighted by atomic mass is 10.1. The Balaban J connectivity index is 1.98. The number of likely N-dealkylation sites (N-methyl/N-ethyl adjacent to an activating group) is 1. The third-order valence-corrected chi connectivity index (χ3v) is 4.01. The van der Waals surface area contributed by atoms with Crippen molar-refractivity contribution in [2.24, 2.45) is 0 Å². The van der Waals surface area contributed by atoms with Crippen LogP contribution in [-0.4, -0.2) is 34.8 Å². The molecular formula is C17H11N2O5S-. The maximum absolute atomic E-state index is 12.2. The second-order valence-electron chi connectivity index (χ2n) is 5.22. The number of furan rings is 1. The van der Waals surface area contributed by atoms with Crippen molar-refractivity contribution in [1.29, 1.82) is 0 Å². The van der Waals surface area contributed by atoms with E-state index in [-0.39, 0.29) is 27.8 Å². The monoisotopic (exact) mass is 355 g/mol. The van der Waals surface area contributed by atoms with Gasteiger partial charge < -0.3 is 14.3 Å². The van der Waals surface area contributed by atoms with Crippen molar-refractivity contribution in [2.45, 2.75) is 0 Å². The van der Waals surface area contributed by atoms with Crippen LogP contribution in [0.1, 0.15) is 16.1 Å². The molecule has 8 heteroatoms. The number of carbonyl (C=O) groups is 3. The Morgan fingerprint density at radius 1 is 1.24 bits per heavy atom. The van der Waals surface area contributed by atoms with Crippen molar-refractivity contribution in [3.8, 4) is 11.3 Å². The zero-order valence-electron chi connectivity index (χ0n) is 12.9. The molecule has 2 heterocycles. The summed E-state index contributed by atoms with van der Waals surface area (Å²) in [6.45, 7) is 0. The third kappa shape index (κ3) is 3.07. The van der Waals surface area contributed by atoms with Gasteiger partial charge in [-0.15, -0.1) is 0 Å². The van der Waals surface area contributed by atoms with Gasteiger partial charge in [0, 0.05) is 18.2 Å². The van der Waals surface area contributed by atoms with E-state index >= 15 is 0 Å². The highest BCUT2D eigenvalue weighted by molar-refractivity contribution is 7.80. The highest BCUT2D eigenvalue weighted by Gasteiger charge is 2.31. The number of rotatable bonds is 3. The zero-order chi connectivity index (χ0) is 18.1. The van der Waals surface area contributed by atoms with E-state index in [1.165, 1.54) is 25.3 Å². The fraction of sp³-hybridized carbons (Fsp3) is 0.0588. The Kier molecular flexibility index (Phi) is 4.20. The average Bonchev–Trinajstić information content (AvgIpc) is 3.05. The topological polar surface area (TPSA) is 103 Å². The third-order valence-electron chi connectivity index (χ3n) is 3.63. The van der Waals surface area contributed by atoms with Gasteiger partial charge in [-0.25, -0.2) is 0 Å². The molecule has 1 aromatic heterocycles. The van der Waals surface area contributed by atoms with Gasteiger partial charge in [-0.3, -0.25) is 19.8 Å². The number of aromatic carboxylic acids is 1. The van der Waals surface area contributed by atoms with Crippen LogP contribution in [0.4, 0.5) is 0 Å². The molecule has 1 fully saturated rings. The number of benzene rings is 1. The summed E-state index contributed by atoms with van der Waals surface area (Å²) in [6.07, 6.45) is 1.28. The van der Waals surface area contributed by atoms with Crippen molar-refractivity contribution < 1.29 is 23.9 Å². The molecule has 2 amide bonds. The summed E-state index contributed by atoms with van der Waals surface area (Å²) in [5, 5.41) is 13.6. The average molecular weight is 355 g/mol. The number of nitrogens with zero attached hydrogens (tertiary/aromatic N) is 1. The van der Waals surface area contributed by atoms with E-state index in [0.29, 0.717) is 5.56 Å². The molecule has 7 nitrogen and oxygen atoms in total. The van der Waals surface area contributed by atoms with Gasteiger partial charge in [0.15, 0.2) is 5.11 Å². The Labute approximate surface area is 147 Å². The number of hydrogen-bond donors (Lipinski definition) is 1. The van der Waals surface area contributed by atoms with E-state index < -0.39 is 17.8 Å². The second kappa shape index (κ2) is 6.33. The van der Waals surface area contributed by atoms with E-state index in [1.54, 1.807) is 24.3 Å². The van der Waals surface area contributed by atoms with Crippen molar-refractivity contribution in [1.82, 2.24) is 10.2 Å². The Bertz CT molecular complexity index is 944. The molecule has 126 valence electrons. The van der Waals surface area contributed by atoms with Crippen LogP contribution < -0.4 is 10.4 Å².